The highest BCUT2D eigenvalue weighted by Crippen LogP contribution is 2.40. The largest absolute Gasteiger partial charge is 0.487 e. The first-order chi connectivity index (χ1) is 11.4. The van der Waals surface area contributed by atoms with Crippen LogP contribution < -0.4 is 9.47 Å². The lowest BCUT2D eigenvalue weighted by Crippen LogP contribution is -1.95. The van der Waals surface area contributed by atoms with Crippen LogP contribution in [-0.4, -0.2) is 5.16 Å². The second-order valence-corrected chi connectivity index (χ2v) is 5.67. The molecule has 1 aromatic heterocycles. The van der Waals surface area contributed by atoms with Gasteiger partial charge < -0.3 is 14.0 Å². The highest BCUT2D eigenvalue weighted by Gasteiger charge is 2.27. The van der Waals surface area contributed by atoms with Crippen LogP contribution in [0.15, 0.2) is 65.2 Å². The van der Waals surface area contributed by atoms with E-state index < -0.39 is 0 Å². The molecule has 0 saturated heterocycles. The first kappa shape index (κ1) is 13.9. The standard InChI is InChI=1S/C19H17NO3/c1-2-4-17(5-3-1)22-18-10-8-16(9-11-18)21-13-15-12-19(23-20-15)14-6-7-14/h1-5,8-12,14H,6-7,13H2. The monoisotopic (exact) mass is 307 g/mol. The van der Waals surface area contributed by atoms with Gasteiger partial charge >= 0.3 is 0 Å². The third kappa shape index (κ3) is 3.54. The molecule has 0 aliphatic heterocycles. The van der Waals surface area contributed by atoms with Crippen LogP contribution in [0.2, 0.25) is 0 Å². The van der Waals surface area contributed by atoms with Crippen LogP contribution in [-0.2, 0) is 6.61 Å². The zero-order chi connectivity index (χ0) is 15.5. The summed E-state index contributed by atoms with van der Waals surface area (Å²) in [5.41, 5.74) is 0.830. The summed E-state index contributed by atoms with van der Waals surface area (Å²) in [4.78, 5) is 0. The summed E-state index contributed by atoms with van der Waals surface area (Å²) in [6, 6.07) is 19.2. The normalized spacial score (nSPS) is 13.7. The SMILES string of the molecule is c1ccc(Oc2ccc(OCc3cc(C4CC4)on3)cc2)cc1. The zero-order valence-corrected chi connectivity index (χ0v) is 12.6. The topological polar surface area (TPSA) is 44.5 Å². The van der Waals surface area contributed by atoms with Crippen molar-refractivity contribution in [3.05, 3.63) is 72.1 Å². The Morgan fingerprint density at radius 2 is 1.61 bits per heavy atom. The molecule has 116 valence electrons. The molecule has 1 fully saturated rings. The van der Waals surface area contributed by atoms with Crippen molar-refractivity contribution in [1.82, 2.24) is 5.16 Å². The maximum atomic E-state index is 5.75. The van der Waals surface area contributed by atoms with Gasteiger partial charge in [-0.1, -0.05) is 23.4 Å². The molecule has 0 N–H and O–H groups in total. The molecule has 23 heavy (non-hydrogen) atoms. The van der Waals surface area contributed by atoms with Crippen molar-refractivity contribution in [3.63, 3.8) is 0 Å². The Bertz CT molecular complexity index is 761. The lowest BCUT2D eigenvalue weighted by Gasteiger charge is -2.07. The molecule has 4 heteroatoms. The molecule has 4 rings (SSSR count). The Kier molecular flexibility index (Phi) is 3.72. The van der Waals surface area contributed by atoms with Crippen molar-refractivity contribution in [2.24, 2.45) is 0 Å². The van der Waals surface area contributed by atoms with Crippen LogP contribution in [0.5, 0.6) is 17.2 Å². The lowest BCUT2D eigenvalue weighted by atomic mass is 10.3. The van der Waals surface area contributed by atoms with Crippen molar-refractivity contribution in [2.45, 2.75) is 25.4 Å². The van der Waals surface area contributed by atoms with Crippen LogP contribution in [0.4, 0.5) is 0 Å². The Labute approximate surface area is 134 Å². The number of hydrogen-bond donors (Lipinski definition) is 0. The Balaban J connectivity index is 1.34. The van der Waals surface area contributed by atoms with E-state index in [1.807, 2.05) is 60.7 Å². The third-order valence-electron chi connectivity index (χ3n) is 3.75. The quantitative estimate of drug-likeness (QED) is 0.648. The molecule has 0 unspecified atom stereocenters. The molecule has 2 aromatic carbocycles. The van der Waals surface area contributed by atoms with Gasteiger partial charge in [-0.3, -0.25) is 0 Å². The van der Waals surface area contributed by atoms with E-state index in [1.54, 1.807) is 0 Å². The van der Waals surface area contributed by atoms with Crippen molar-refractivity contribution in [1.29, 1.82) is 0 Å². The van der Waals surface area contributed by atoms with Gasteiger partial charge in [0.05, 0.1) is 0 Å². The summed E-state index contributed by atoms with van der Waals surface area (Å²) in [6.07, 6.45) is 2.41. The number of rotatable bonds is 6. The summed E-state index contributed by atoms with van der Waals surface area (Å²) in [5.74, 6) is 3.93. The Hall–Kier alpha value is -2.75. The van der Waals surface area contributed by atoms with Crippen molar-refractivity contribution in [3.8, 4) is 17.2 Å². The van der Waals surface area contributed by atoms with Gasteiger partial charge in [0.1, 0.15) is 35.3 Å². The third-order valence-corrected chi connectivity index (χ3v) is 3.75. The molecule has 0 atom stereocenters. The van der Waals surface area contributed by atoms with Crippen LogP contribution in [0.1, 0.15) is 30.2 Å². The van der Waals surface area contributed by atoms with Gasteiger partial charge in [0.15, 0.2) is 0 Å². The number of ether oxygens (including phenoxy) is 2. The van der Waals surface area contributed by atoms with E-state index in [-0.39, 0.29) is 0 Å². The summed E-state index contributed by atoms with van der Waals surface area (Å²) in [6.45, 7) is 0.412. The van der Waals surface area contributed by atoms with Crippen molar-refractivity contribution >= 4 is 0 Å². The molecule has 1 heterocycles. The number of hydrogen-bond acceptors (Lipinski definition) is 4. The number of benzene rings is 2. The minimum atomic E-state index is 0.412. The maximum Gasteiger partial charge on any atom is 0.140 e. The smallest absolute Gasteiger partial charge is 0.140 e. The van der Waals surface area contributed by atoms with E-state index in [1.165, 1.54) is 12.8 Å². The fourth-order valence-electron chi connectivity index (χ4n) is 2.34. The molecule has 0 spiro atoms. The predicted molar refractivity (Wildman–Crippen MR) is 85.8 cm³/mol. The lowest BCUT2D eigenvalue weighted by molar-refractivity contribution is 0.286. The van der Waals surface area contributed by atoms with Gasteiger partial charge in [0, 0.05) is 12.0 Å². The summed E-state index contributed by atoms with van der Waals surface area (Å²) in [5, 5.41) is 4.04. The maximum absolute atomic E-state index is 5.75. The van der Waals surface area contributed by atoms with Gasteiger partial charge in [0.25, 0.3) is 0 Å². The van der Waals surface area contributed by atoms with Gasteiger partial charge in [-0.05, 0) is 49.2 Å². The van der Waals surface area contributed by atoms with Gasteiger partial charge in [-0.15, -0.1) is 0 Å². The molecular weight excluding hydrogens is 290 g/mol. The molecule has 1 aliphatic rings. The van der Waals surface area contributed by atoms with E-state index >= 15 is 0 Å². The summed E-state index contributed by atoms with van der Waals surface area (Å²) < 4.78 is 16.8. The number of para-hydroxylation sites is 1. The van der Waals surface area contributed by atoms with E-state index in [0.29, 0.717) is 12.5 Å². The van der Waals surface area contributed by atoms with Crippen LogP contribution >= 0.6 is 0 Å². The molecule has 0 bridgehead atoms. The minimum absolute atomic E-state index is 0.412. The first-order valence-corrected chi connectivity index (χ1v) is 7.78. The van der Waals surface area contributed by atoms with Gasteiger partial charge in [0.2, 0.25) is 0 Å². The molecule has 0 amide bonds. The van der Waals surface area contributed by atoms with Crippen molar-refractivity contribution in [2.75, 3.05) is 0 Å². The van der Waals surface area contributed by atoms with E-state index in [2.05, 4.69) is 5.16 Å². The summed E-state index contributed by atoms with van der Waals surface area (Å²) >= 11 is 0. The second kappa shape index (κ2) is 6.16. The van der Waals surface area contributed by atoms with Crippen LogP contribution in [0.25, 0.3) is 0 Å². The average molecular weight is 307 g/mol. The second-order valence-electron chi connectivity index (χ2n) is 5.67. The van der Waals surface area contributed by atoms with E-state index in [4.69, 9.17) is 14.0 Å². The van der Waals surface area contributed by atoms with Gasteiger partial charge in [-0.2, -0.15) is 0 Å². The first-order valence-electron chi connectivity index (χ1n) is 7.78. The highest BCUT2D eigenvalue weighted by molar-refractivity contribution is 5.35. The van der Waals surface area contributed by atoms with Gasteiger partial charge in [-0.25, -0.2) is 0 Å². The van der Waals surface area contributed by atoms with Crippen LogP contribution in [0.3, 0.4) is 0 Å². The van der Waals surface area contributed by atoms with E-state index in [9.17, 15) is 0 Å². The van der Waals surface area contributed by atoms with Crippen molar-refractivity contribution < 1.29 is 14.0 Å². The average Bonchev–Trinajstić information content (AvgIpc) is 3.34. The molecular formula is C19H17NO3. The molecule has 0 radical (unpaired) electrons. The zero-order valence-electron chi connectivity index (χ0n) is 12.6. The summed E-state index contributed by atoms with van der Waals surface area (Å²) in [7, 11) is 0. The highest BCUT2D eigenvalue weighted by atomic mass is 16.5. The number of nitrogens with zero attached hydrogens (tertiary/aromatic N) is 1. The fourth-order valence-corrected chi connectivity index (χ4v) is 2.34. The predicted octanol–water partition coefficient (Wildman–Crippen LogP) is 4.92. The molecule has 4 nitrogen and oxygen atoms in total. The molecule has 1 aliphatic carbocycles. The minimum Gasteiger partial charge on any atom is -0.487 e. The Morgan fingerprint density at radius 1 is 0.913 bits per heavy atom. The van der Waals surface area contributed by atoms with Crippen LogP contribution in [0, 0.1) is 0 Å². The molecule has 1 saturated carbocycles. The Morgan fingerprint density at radius 3 is 2.35 bits per heavy atom. The van der Waals surface area contributed by atoms with E-state index in [0.717, 1.165) is 28.7 Å². The number of aromatic nitrogens is 1. The fraction of sp³-hybridized carbons (Fsp3) is 0.211. The molecule has 3 aromatic rings.